The third kappa shape index (κ3) is 9.23. The van der Waals surface area contributed by atoms with Crippen LogP contribution in [0.2, 0.25) is 0 Å². The molecule has 0 amide bonds. The molecule has 3 aliphatic heterocycles. The van der Waals surface area contributed by atoms with Crippen molar-refractivity contribution in [2.24, 2.45) is 0 Å². The maximum atomic E-state index is 10.5. The molecule has 1 saturated heterocycles. The van der Waals surface area contributed by atoms with Crippen LogP contribution in [0.25, 0.3) is 5.57 Å². The molecule has 0 saturated carbocycles. The Bertz CT molecular complexity index is 1290. The fraction of sp³-hybridized carbons (Fsp3) is 0.500. The average molecular weight is 645 g/mol. The first kappa shape index (κ1) is 33.5. The molecule has 0 N–H and O–H groups in total. The number of aromatic nitrogens is 2. The summed E-state index contributed by atoms with van der Waals surface area (Å²) in [5, 5.41) is 20.5. The highest BCUT2D eigenvalue weighted by molar-refractivity contribution is 9.10. The number of pyridine rings is 2. The zero-order valence-electron chi connectivity index (χ0n) is 24.9. The first-order valence-electron chi connectivity index (χ1n) is 13.7. The monoisotopic (exact) mass is 644 g/mol. The third-order valence-corrected chi connectivity index (χ3v) is 8.09. The molecule has 0 radical (unpaired) electrons. The van der Waals surface area contributed by atoms with E-state index >= 15 is 0 Å². The smallest absolute Gasteiger partial charge is 0.400 e. The van der Waals surface area contributed by atoms with Gasteiger partial charge in [-0.3, -0.25) is 0 Å². The molecular formula is C28H38BBrN6O6. The predicted molar refractivity (Wildman–Crippen MR) is 166 cm³/mol. The topological polar surface area (TPSA) is 137 Å². The fourth-order valence-corrected chi connectivity index (χ4v) is 4.42. The molecule has 14 heteroatoms. The Hall–Kier alpha value is -3.04. The van der Waals surface area contributed by atoms with Crippen LogP contribution in [0.3, 0.4) is 0 Å². The molecule has 0 unspecified atom stereocenters. The van der Waals surface area contributed by atoms with Gasteiger partial charge in [-0.25, -0.2) is 0 Å². The minimum absolute atomic E-state index is 0.0997. The van der Waals surface area contributed by atoms with Crippen molar-refractivity contribution in [3.63, 3.8) is 0 Å². The van der Waals surface area contributed by atoms with Crippen LogP contribution in [0.15, 0.2) is 58.8 Å². The van der Waals surface area contributed by atoms with Gasteiger partial charge in [0.15, 0.2) is 6.20 Å². The SMILES string of the molecule is CN1CC=C(B2OC(C)(C)C(C)(C)O2)CC1.CN1CC=C(c2ccc([N+](=O)[O-])nc2)CC1.O=[N+]([O-])c1ccc(Br)cn1. The van der Waals surface area contributed by atoms with Gasteiger partial charge < -0.3 is 39.3 Å². The number of nitro groups is 2. The van der Waals surface area contributed by atoms with E-state index in [1.54, 1.807) is 18.3 Å². The summed E-state index contributed by atoms with van der Waals surface area (Å²) in [4.78, 5) is 31.4. The second-order valence-corrected chi connectivity index (χ2v) is 12.3. The predicted octanol–water partition coefficient (Wildman–Crippen LogP) is 5.34. The zero-order chi connectivity index (χ0) is 31.1. The lowest BCUT2D eigenvalue weighted by atomic mass is 9.75. The quantitative estimate of drug-likeness (QED) is 0.244. The lowest BCUT2D eigenvalue weighted by Gasteiger charge is -2.32. The zero-order valence-corrected chi connectivity index (χ0v) is 26.5. The second-order valence-electron chi connectivity index (χ2n) is 11.4. The highest BCUT2D eigenvalue weighted by atomic mass is 79.9. The van der Waals surface area contributed by atoms with Gasteiger partial charge in [0.2, 0.25) is 0 Å². The fourth-order valence-electron chi connectivity index (χ4n) is 4.19. The summed E-state index contributed by atoms with van der Waals surface area (Å²) in [6, 6.07) is 6.13. The van der Waals surface area contributed by atoms with Crippen molar-refractivity contribution in [2.45, 2.75) is 51.7 Å². The molecule has 3 aliphatic rings. The van der Waals surface area contributed by atoms with Crippen molar-refractivity contribution in [3.05, 3.63) is 84.5 Å². The molecular weight excluding hydrogens is 607 g/mol. The van der Waals surface area contributed by atoms with Crippen molar-refractivity contribution in [1.29, 1.82) is 0 Å². The molecule has 1 fully saturated rings. The summed E-state index contributed by atoms with van der Waals surface area (Å²) in [6.07, 6.45) is 9.37. The van der Waals surface area contributed by atoms with Gasteiger partial charge in [0.05, 0.1) is 15.7 Å². The molecule has 0 spiro atoms. The van der Waals surface area contributed by atoms with E-state index in [0.717, 1.165) is 49.1 Å². The second kappa shape index (κ2) is 14.4. The highest BCUT2D eigenvalue weighted by Crippen LogP contribution is 2.39. The summed E-state index contributed by atoms with van der Waals surface area (Å²) in [7, 11) is 4.07. The lowest BCUT2D eigenvalue weighted by Crippen LogP contribution is -2.41. The summed E-state index contributed by atoms with van der Waals surface area (Å²) in [6.45, 7) is 12.4. The first-order valence-corrected chi connectivity index (χ1v) is 14.5. The van der Waals surface area contributed by atoms with Gasteiger partial charge in [0, 0.05) is 43.9 Å². The average Bonchev–Trinajstić information content (AvgIpc) is 3.17. The Morgan fingerprint density at radius 1 is 0.833 bits per heavy atom. The molecule has 12 nitrogen and oxygen atoms in total. The number of hydrogen-bond donors (Lipinski definition) is 0. The molecule has 0 atom stereocenters. The number of hydrogen-bond acceptors (Lipinski definition) is 10. The normalized spacial score (nSPS) is 19.8. The number of rotatable bonds is 4. The minimum atomic E-state index is -0.535. The van der Waals surface area contributed by atoms with Crippen molar-refractivity contribution in [2.75, 3.05) is 40.3 Å². The van der Waals surface area contributed by atoms with E-state index in [2.05, 4.69) is 89.6 Å². The maximum Gasteiger partial charge on any atom is 0.490 e. The van der Waals surface area contributed by atoms with Crippen LogP contribution in [-0.2, 0) is 9.31 Å². The van der Waals surface area contributed by atoms with Crippen molar-refractivity contribution >= 4 is 40.3 Å². The van der Waals surface area contributed by atoms with E-state index in [9.17, 15) is 20.2 Å². The molecule has 2 aromatic rings. The van der Waals surface area contributed by atoms with Gasteiger partial charge in [-0.05, 0) is 114 Å². The molecule has 226 valence electrons. The Morgan fingerprint density at radius 2 is 1.36 bits per heavy atom. The van der Waals surface area contributed by atoms with E-state index in [1.165, 1.54) is 29.4 Å². The number of likely N-dealkylation sites (N-methyl/N-ethyl adjacent to an activating group) is 2. The van der Waals surface area contributed by atoms with Crippen LogP contribution in [-0.4, -0.2) is 88.2 Å². The number of nitrogens with zero attached hydrogens (tertiary/aromatic N) is 6. The van der Waals surface area contributed by atoms with Gasteiger partial charge in [0.25, 0.3) is 0 Å². The van der Waals surface area contributed by atoms with E-state index in [0.29, 0.717) is 0 Å². The van der Waals surface area contributed by atoms with Crippen molar-refractivity contribution in [3.8, 4) is 0 Å². The lowest BCUT2D eigenvalue weighted by molar-refractivity contribution is -0.389. The van der Waals surface area contributed by atoms with Crippen LogP contribution < -0.4 is 0 Å². The Balaban J connectivity index is 0.000000178. The molecule has 0 bridgehead atoms. The van der Waals surface area contributed by atoms with Gasteiger partial charge in [-0.2, -0.15) is 0 Å². The third-order valence-electron chi connectivity index (χ3n) is 7.62. The summed E-state index contributed by atoms with van der Waals surface area (Å²) < 4.78 is 12.8. The van der Waals surface area contributed by atoms with Crippen LogP contribution in [0, 0.1) is 20.2 Å². The summed E-state index contributed by atoms with van der Waals surface area (Å²) >= 11 is 3.11. The van der Waals surface area contributed by atoms with E-state index in [4.69, 9.17) is 9.31 Å². The Morgan fingerprint density at radius 3 is 1.76 bits per heavy atom. The molecule has 0 aromatic carbocycles. The number of halogens is 1. The summed E-state index contributed by atoms with van der Waals surface area (Å²) in [5.41, 5.74) is 3.07. The molecule has 0 aliphatic carbocycles. The Labute approximate surface area is 255 Å². The molecule has 2 aromatic heterocycles. The van der Waals surface area contributed by atoms with E-state index < -0.39 is 9.85 Å². The largest absolute Gasteiger partial charge is 0.490 e. The standard InChI is InChI=1S/C12H22BNO2.C11H13N3O2.C5H3BrN2O2/c1-11(2)12(3,4)16-13(15-11)10-6-8-14(5)9-7-10;1-13-6-4-9(5-7-13)10-2-3-11(12-8-10)14(15)16;6-4-1-2-5(7-3-4)8(9)10/h6H,7-9H2,1-5H3;2-4,8H,5-7H2,1H3;1-3H. The highest BCUT2D eigenvalue weighted by Gasteiger charge is 2.52. The van der Waals surface area contributed by atoms with Gasteiger partial charge >= 0.3 is 18.8 Å². The molecule has 42 heavy (non-hydrogen) atoms. The van der Waals surface area contributed by atoms with Crippen molar-refractivity contribution < 1.29 is 19.2 Å². The van der Waals surface area contributed by atoms with Crippen molar-refractivity contribution in [1.82, 2.24) is 19.8 Å². The van der Waals surface area contributed by atoms with Crippen LogP contribution >= 0.6 is 15.9 Å². The van der Waals surface area contributed by atoms with E-state index in [1.807, 2.05) is 0 Å². The first-order chi connectivity index (χ1) is 19.7. The van der Waals surface area contributed by atoms with Gasteiger partial charge in [-0.1, -0.05) is 12.2 Å². The summed E-state index contributed by atoms with van der Waals surface area (Å²) in [5.74, 6) is -0.236. The minimum Gasteiger partial charge on any atom is -0.400 e. The van der Waals surface area contributed by atoms with Crippen LogP contribution in [0.4, 0.5) is 11.6 Å². The van der Waals surface area contributed by atoms with Crippen LogP contribution in [0.5, 0.6) is 0 Å². The maximum absolute atomic E-state index is 10.5. The molecule has 5 rings (SSSR count). The molecule has 5 heterocycles. The van der Waals surface area contributed by atoms with Gasteiger partial charge in [0.1, 0.15) is 6.20 Å². The van der Waals surface area contributed by atoms with Gasteiger partial charge in [-0.15, -0.1) is 0 Å². The van der Waals surface area contributed by atoms with E-state index in [-0.39, 0.29) is 30.0 Å². The Kier molecular flexibility index (Phi) is 11.5. The van der Waals surface area contributed by atoms with Crippen LogP contribution in [0.1, 0.15) is 46.1 Å².